The quantitative estimate of drug-likeness (QED) is 0.623. The summed E-state index contributed by atoms with van der Waals surface area (Å²) in [5.74, 6) is -1.60. The van der Waals surface area contributed by atoms with E-state index in [1.807, 2.05) is 6.07 Å². The van der Waals surface area contributed by atoms with Crippen LogP contribution in [0.2, 0.25) is 0 Å². The van der Waals surface area contributed by atoms with E-state index in [1.54, 1.807) is 6.07 Å². The summed E-state index contributed by atoms with van der Waals surface area (Å²) in [4.78, 5) is 48.0. The highest BCUT2D eigenvalue weighted by atomic mass is 16.4. The lowest BCUT2D eigenvalue weighted by Gasteiger charge is -2.19. The van der Waals surface area contributed by atoms with Crippen molar-refractivity contribution in [1.29, 1.82) is 5.26 Å². The zero-order valence-electron chi connectivity index (χ0n) is 15.3. The molecular weight excluding hydrogens is 364 g/mol. The van der Waals surface area contributed by atoms with Crippen molar-refractivity contribution in [3.63, 3.8) is 0 Å². The van der Waals surface area contributed by atoms with Gasteiger partial charge in [0, 0.05) is 18.0 Å². The number of anilines is 1. The smallest absolute Gasteiger partial charge is 0.322 e. The van der Waals surface area contributed by atoms with Crippen molar-refractivity contribution in [1.82, 2.24) is 9.88 Å². The van der Waals surface area contributed by atoms with Crippen LogP contribution in [0.3, 0.4) is 0 Å². The van der Waals surface area contributed by atoms with E-state index in [9.17, 15) is 24.4 Å². The Balaban J connectivity index is 1.73. The van der Waals surface area contributed by atoms with E-state index >= 15 is 0 Å². The van der Waals surface area contributed by atoms with Crippen LogP contribution in [0.15, 0.2) is 16.9 Å². The Morgan fingerprint density at radius 2 is 2.07 bits per heavy atom. The number of aromatic nitrogens is 1. The fourth-order valence-electron chi connectivity index (χ4n) is 3.94. The van der Waals surface area contributed by atoms with E-state index in [1.165, 1.54) is 10.6 Å². The maximum Gasteiger partial charge on any atom is 0.322 e. The Morgan fingerprint density at radius 1 is 1.29 bits per heavy atom. The number of carbonyl (C=O) groups is 3. The molecule has 0 saturated heterocycles. The molecule has 148 valence electrons. The minimum Gasteiger partial charge on any atom is -0.480 e. The summed E-state index contributed by atoms with van der Waals surface area (Å²) in [6, 6.07) is 3.70. The van der Waals surface area contributed by atoms with E-state index in [4.69, 9.17) is 5.11 Å². The number of nitrogens with one attached hydrogen (secondary N) is 2. The van der Waals surface area contributed by atoms with Gasteiger partial charge in [-0.05, 0) is 44.2 Å². The summed E-state index contributed by atoms with van der Waals surface area (Å²) in [7, 11) is 0. The van der Waals surface area contributed by atoms with Crippen molar-refractivity contribution < 1.29 is 19.5 Å². The van der Waals surface area contributed by atoms with Crippen LogP contribution in [-0.4, -0.2) is 39.9 Å². The second-order valence-electron chi connectivity index (χ2n) is 7.20. The topological polar surface area (TPSA) is 141 Å². The van der Waals surface area contributed by atoms with E-state index < -0.39 is 36.1 Å². The summed E-state index contributed by atoms with van der Waals surface area (Å²) >= 11 is 0. The molecule has 1 amide bonds. The number of pyridine rings is 1. The molecule has 1 aliphatic carbocycles. The van der Waals surface area contributed by atoms with Crippen LogP contribution in [0.4, 0.5) is 5.69 Å². The number of carboxylic acid groups (broad SMARTS) is 1. The van der Waals surface area contributed by atoms with Crippen molar-refractivity contribution in [3.05, 3.63) is 28.2 Å². The van der Waals surface area contributed by atoms with Gasteiger partial charge in [-0.25, -0.2) is 0 Å². The molecule has 0 spiro atoms. The number of fused-ring (bicyclic) bond motifs is 1. The number of ketones is 1. The molecule has 28 heavy (non-hydrogen) atoms. The molecule has 1 aromatic rings. The fourth-order valence-corrected chi connectivity index (χ4v) is 3.94. The number of hydrogen-bond donors (Lipinski definition) is 3. The van der Waals surface area contributed by atoms with Crippen LogP contribution < -0.4 is 16.2 Å². The number of amides is 1. The minimum atomic E-state index is -1.10. The van der Waals surface area contributed by atoms with Crippen molar-refractivity contribution >= 4 is 23.3 Å². The number of rotatable bonds is 7. The monoisotopic (exact) mass is 386 g/mol. The van der Waals surface area contributed by atoms with Gasteiger partial charge in [0.25, 0.3) is 5.56 Å². The van der Waals surface area contributed by atoms with Gasteiger partial charge in [-0.3, -0.25) is 23.7 Å². The molecule has 3 N–H and O–H groups in total. The second-order valence-corrected chi connectivity index (χ2v) is 7.20. The average molecular weight is 386 g/mol. The van der Waals surface area contributed by atoms with Gasteiger partial charge >= 0.3 is 5.97 Å². The lowest BCUT2D eigenvalue weighted by Crippen LogP contribution is -2.42. The SMILES string of the molecule is N#CC(CC1CCCC1=O)NC(=O)C1CCc2ccc(NCC(=O)O)c(=O)n21. The van der Waals surface area contributed by atoms with Crippen LogP contribution in [-0.2, 0) is 20.8 Å². The van der Waals surface area contributed by atoms with Gasteiger partial charge in [0.05, 0.1) is 6.07 Å². The normalized spacial score (nSPS) is 21.6. The van der Waals surface area contributed by atoms with Gasteiger partial charge in [0.15, 0.2) is 0 Å². The van der Waals surface area contributed by atoms with Gasteiger partial charge in [-0.1, -0.05) is 0 Å². The number of nitriles is 1. The third-order valence-corrected chi connectivity index (χ3v) is 5.34. The first-order valence-electron chi connectivity index (χ1n) is 9.33. The fraction of sp³-hybridized carbons (Fsp3) is 0.526. The van der Waals surface area contributed by atoms with Gasteiger partial charge in [-0.15, -0.1) is 0 Å². The van der Waals surface area contributed by atoms with Crippen LogP contribution >= 0.6 is 0 Å². The molecule has 1 fully saturated rings. The summed E-state index contributed by atoms with van der Waals surface area (Å²) in [5.41, 5.74) is 0.334. The molecule has 3 unspecified atom stereocenters. The Kier molecular flexibility index (Phi) is 5.78. The van der Waals surface area contributed by atoms with Crippen molar-refractivity contribution in [2.75, 3.05) is 11.9 Å². The molecule has 1 aliphatic heterocycles. The first-order chi connectivity index (χ1) is 13.4. The van der Waals surface area contributed by atoms with Crippen LogP contribution in [0.25, 0.3) is 0 Å². The van der Waals surface area contributed by atoms with E-state index in [2.05, 4.69) is 10.6 Å². The maximum atomic E-state index is 12.7. The Hall–Kier alpha value is -3.15. The highest BCUT2D eigenvalue weighted by Gasteiger charge is 2.33. The van der Waals surface area contributed by atoms with Crippen molar-refractivity contribution in [3.8, 4) is 6.07 Å². The van der Waals surface area contributed by atoms with Crippen molar-refractivity contribution in [2.24, 2.45) is 5.92 Å². The molecule has 2 aliphatic rings. The first kappa shape index (κ1) is 19.6. The second kappa shape index (κ2) is 8.25. The summed E-state index contributed by atoms with van der Waals surface area (Å²) < 4.78 is 1.36. The zero-order chi connectivity index (χ0) is 20.3. The maximum absolute atomic E-state index is 12.7. The molecule has 9 nitrogen and oxygen atoms in total. The molecule has 2 heterocycles. The number of hydrogen-bond acceptors (Lipinski definition) is 6. The van der Waals surface area contributed by atoms with Gasteiger partial charge in [-0.2, -0.15) is 5.26 Å². The average Bonchev–Trinajstić information content (AvgIpc) is 3.27. The number of carboxylic acids is 1. The summed E-state index contributed by atoms with van der Waals surface area (Å²) in [5, 5.41) is 23.4. The molecule has 3 rings (SSSR count). The Bertz CT molecular complexity index is 901. The Morgan fingerprint density at radius 3 is 2.71 bits per heavy atom. The minimum absolute atomic E-state index is 0.110. The number of Topliss-reactive ketones (excluding diaryl/α,β-unsaturated/α-hetero) is 1. The number of carbonyl (C=O) groups excluding carboxylic acids is 2. The number of nitrogens with zero attached hydrogens (tertiary/aromatic N) is 2. The predicted molar refractivity (Wildman–Crippen MR) is 98.7 cm³/mol. The molecule has 1 aromatic heterocycles. The van der Waals surface area contributed by atoms with Crippen LogP contribution in [0.5, 0.6) is 0 Å². The van der Waals surface area contributed by atoms with Gasteiger partial charge in [0.2, 0.25) is 5.91 Å². The standard InChI is InChI=1S/C19H22N4O5/c20-9-12(8-11-2-1-3-16(11)24)22-18(27)15-7-5-13-4-6-14(19(28)23(13)15)21-10-17(25)26/h4,6,11-12,15,21H,1-3,5,7-8,10H2,(H,22,27)(H,25,26). The number of aliphatic carboxylic acids is 1. The van der Waals surface area contributed by atoms with E-state index in [0.29, 0.717) is 25.0 Å². The molecule has 0 radical (unpaired) electrons. The largest absolute Gasteiger partial charge is 0.480 e. The molecule has 9 heteroatoms. The summed E-state index contributed by atoms with van der Waals surface area (Å²) in [6.07, 6.45) is 3.31. The first-order valence-corrected chi connectivity index (χ1v) is 9.33. The highest BCUT2D eigenvalue weighted by molar-refractivity contribution is 5.84. The zero-order valence-corrected chi connectivity index (χ0v) is 15.3. The molecule has 0 aromatic carbocycles. The predicted octanol–water partition coefficient (Wildman–Crippen LogP) is 0.600. The van der Waals surface area contributed by atoms with E-state index in [-0.39, 0.29) is 23.8 Å². The molecule has 3 atom stereocenters. The third-order valence-electron chi connectivity index (χ3n) is 5.34. The lowest BCUT2D eigenvalue weighted by atomic mass is 9.98. The van der Waals surface area contributed by atoms with E-state index in [0.717, 1.165) is 12.8 Å². The molecule has 1 saturated carbocycles. The lowest BCUT2D eigenvalue weighted by molar-refractivity contribution is -0.135. The van der Waals surface area contributed by atoms with Crippen LogP contribution in [0, 0.1) is 17.2 Å². The van der Waals surface area contributed by atoms with Gasteiger partial charge < -0.3 is 15.7 Å². The molecular formula is C19H22N4O5. The highest BCUT2D eigenvalue weighted by Crippen LogP contribution is 2.27. The van der Waals surface area contributed by atoms with Gasteiger partial charge in [0.1, 0.15) is 30.1 Å². The summed E-state index contributed by atoms with van der Waals surface area (Å²) in [6.45, 7) is -0.405. The Labute approximate surface area is 161 Å². The van der Waals surface area contributed by atoms with Crippen molar-refractivity contribution in [2.45, 2.75) is 50.6 Å². The number of aryl methyl sites for hydroxylation is 1. The molecule has 0 bridgehead atoms. The third kappa shape index (κ3) is 4.06. The van der Waals surface area contributed by atoms with Crippen LogP contribution in [0.1, 0.15) is 43.8 Å².